The number of carbonyl (C=O) groups excluding carboxylic acids is 1. The first-order valence-corrected chi connectivity index (χ1v) is 12.6. The van der Waals surface area contributed by atoms with E-state index in [2.05, 4.69) is 25.3 Å². The number of hydrogen-bond acceptors (Lipinski definition) is 6. The van der Waals surface area contributed by atoms with Crippen molar-refractivity contribution in [1.29, 1.82) is 0 Å². The Kier molecular flexibility index (Phi) is 7.99. The summed E-state index contributed by atoms with van der Waals surface area (Å²) in [6, 6.07) is 21.3. The summed E-state index contributed by atoms with van der Waals surface area (Å²) in [5.41, 5.74) is 3.08. The zero-order chi connectivity index (χ0) is 25.4. The molecule has 10 heteroatoms. The largest absolute Gasteiger partial charge is 0.350 e. The van der Waals surface area contributed by atoms with Crippen LogP contribution < -0.4 is 15.4 Å². The average molecular weight is 506 g/mol. The fraction of sp³-hybridized carbons (Fsp3) is 0.115. The highest BCUT2D eigenvalue weighted by molar-refractivity contribution is 7.89. The molecule has 0 saturated heterocycles. The summed E-state index contributed by atoms with van der Waals surface area (Å²) in [7, 11) is -3.96. The van der Waals surface area contributed by atoms with E-state index in [9.17, 15) is 17.6 Å². The highest BCUT2D eigenvalue weighted by atomic mass is 32.2. The van der Waals surface area contributed by atoms with Gasteiger partial charge in [-0.1, -0.05) is 48.5 Å². The number of carbonyl (C=O) groups is 1. The number of nitrogens with one attached hydrogen (secondary N) is 3. The van der Waals surface area contributed by atoms with E-state index in [0.717, 1.165) is 17.2 Å². The Bertz CT molecular complexity index is 1410. The summed E-state index contributed by atoms with van der Waals surface area (Å²) >= 11 is 0. The Morgan fingerprint density at radius 2 is 1.33 bits per heavy atom. The van der Waals surface area contributed by atoms with Gasteiger partial charge in [0.05, 0.1) is 0 Å². The number of aromatic nitrogens is 2. The summed E-state index contributed by atoms with van der Waals surface area (Å²) in [4.78, 5) is 20.3. The molecular weight excluding hydrogens is 481 g/mol. The van der Waals surface area contributed by atoms with Gasteiger partial charge < -0.3 is 10.6 Å². The van der Waals surface area contributed by atoms with Crippen molar-refractivity contribution in [1.82, 2.24) is 20.0 Å². The van der Waals surface area contributed by atoms with Gasteiger partial charge in [-0.25, -0.2) is 27.5 Å². The fourth-order valence-corrected chi connectivity index (χ4v) is 4.42. The minimum absolute atomic E-state index is 0.0148. The highest BCUT2D eigenvalue weighted by Gasteiger charge is 2.17. The first-order chi connectivity index (χ1) is 17.4. The van der Waals surface area contributed by atoms with Gasteiger partial charge in [-0.3, -0.25) is 4.79 Å². The van der Waals surface area contributed by atoms with Gasteiger partial charge in [-0.2, -0.15) is 0 Å². The number of benzene rings is 3. The number of hydrogen-bond donors (Lipinski definition) is 3. The van der Waals surface area contributed by atoms with Crippen LogP contribution in [0.15, 0.2) is 96.2 Å². The van der Waals surface area contributed by atoms with Crippen molar-refractivity contribution in [2.45, 2.75) is 24.5 Å². The van der Waals surface area contributed by atoms with Crippen LogP contribution in [0.1, 0.15) is 27.0 Å². The maximum absolute atomic E-state index is 13.8. The lowest BCUT2D eigenvalue weighted by molar-refractivity contribution is 0.0951. The van der Waals surface area contributed by atoms with Gasteiger partial charge in [0.15, 0.2) is 0 Å². The van der Waals surface area contributed by atoms with Crippen LogP contribution in [0.5, 0.6) is 0 Å². The van der Waals surface area contributed by atoms with Crippen LogP contribution in [0.4, 0.5) is 10.3 Å². The molecule has 1 aromatic heterocycles. The van der Waals surface area contributed by atoms with E-state index in [4.69, 9.17) is 0 Å². The summed E-state index contributed by atoms with van der Waals surface area (Å²) in [6.45, 7) is 0.865. The van der Waals surface area contributed by atoms with Crippen molar-refractivity contribution >= 4 is 21.9 Å². The van der Waals surface area contributed by atoms with Crippen molar-refractivity contribution < 1.29 is 17.6 Å². The zero-order valence-corrected chi connectivity index (χ0v) is 20.0. The molecular formula is C26H24FN5O3S. The van der Waals surface area contributed by atoms with E-state index in [0.29, 0.717) is 30.2 Å². The number of nitrogens with zero attached hydrogens (tertiary/aromatic N) is 2. The second-order valence-electron chi connectivity index (χ2n) is 7.88. The van der Waals surface area contributed by atoms with E-state index >= 15 is 0 Å². The summed E-state index contributed by atoms with van der Waals surface area (Å²) in [5.74, 6) is -0.473. The normalized spacial score (nSPS) is 11.1. The molecule has 0 spiro atoms. The van der Waals surface area contributed by atoms with Crippen molar-refractivity contribution in [3.63, 3.8) is 0 Å². The molecule has 1 amide bonds. The topological polar surface area (TPSA) is 113 Å². The van der Waals surface area contributed by atoms with Crippen LogP contribution in [-0.4, -0.2) is 24.3 Å². The molecule has 4 rings (SSSR count). The number of amides is 1. The van der Waals surface area contributed by atoms with E-state index in [1.54, 1.807) is 54.9 Å². The maximum atomic E-state index is 13.8. The number of sulfonamides is 1. The fourth-order valence-electron chi connectivity index (χ4n) is 3.32. The Morgan fingerprint density at radius 1 is 0.750 bits per heavy atom. The molecule has 0 bridgehead atoms. The van der Waals surface area contributed by atoms with E-state index < -0.39 is 15.8 Å². The van der Waals surface area contributed by atoms with Gasteiger partial charge in [0.2, 0.25) is 16.0 Å². The third-order valence-corrected chi connectivity index (χ3v) is 6.74. The molecule has 0 unspecified atom stereocenters. The Balaban J connectivity index is 1.25. The standard InChI is InChI=1S/C26H24FN5O3S/c27-23-4-1-2-5-24(23)36(34,35)32-18-21-8-6-19(7-9-21)16-30-25(33)22-12-10-20(11-13-22)17-31-26-28-14-3-15-29-26/h1-15,32H,16-18H2,(H,30,33)(H,28,29,31). The predicted octanol–water partition coefficient (Wildman–Crippen LogP) is 3.64. The molecule has 0 aliphatic rings. The van der Waals surface area contributed by atoms with Crippen LogP contribution in [0.3, 0.4) is 0 Å². The van der Waals surface area contributed by atoms with Crippen LogP contribution >= 0.6 is 0 Å². The van der Waals surface area contributed by atoms with E-state index in [1.165, 1.54) is 18.2 Å². The first-order valence-electron chi connectivity index (χ1n) is 11.1. The first kappa shape index (κ1) is 25.0. The average Bonchev–Trinajstić information content (AvgIpc) is 2.91. The molecule has 1 heterocycles. The molecule has 184 valence electrons. The molecule has 36 heavy (non-hydrogen) atoms. The summed E-state index contributed by atoms with van der Waals surface area (Å²) in [5, 5.41) is 5.98. The summed E-state index contributed by atoms with van der Waals surface area (Å²) < 4.78 is 40.8. The lowest BCUT2D eigenvalue weighted by Crippen LogP contribution is -2.24. The monoisotopic (exact) mass is 505 g/mol. The van der Waals surface area contributed by atoms with Crippen molar-refractivity contribution in [3.05, 3.63) is 119 Å². The number of halogens is 1. The molecule has 0 aliphatic heterocycles. The van der Waals surface area contributed by atoms with Gasteiger partial charge in [0, 0.05) is 37.6 Å². The van der Waals surface area contributed by atoms with Crippen LogP contribution in [0, 0.1) is 5.82 Å². The molecule has 0 aliphatic carbocycles. The Labute approximate surface area is 208 Å². The molecule has 4 aromatic rings. The quantitative estimate of drug-likeness (QED) is 0.303. The lowest BCUT2D eigenvalue weighted by atomic mass is 10.1. The second kappa shape index (κ2) is 11.5. The number of anilines is 1. The van der Waals surface area contributed by atoms with Gasteiger partial charge in [-0.05, 0) is 47.0 Å². The summed E-state index contributed by atoms with van der Waals surface area (Å²) in [6.07, 6.45) is 3.32. The third kappa shape index (κ3) is 6.71. The predicted molar refractivity (Wildman–Crippen MR) is 134 cm³/mol. The third-order valence-electron chi connectivity index (χ3n) is 5.30. The molecule has 3 N–H and O–H groups in total. The maximum Gasteiger partial charge on any atom is 0.251 e. The molecule has 0 atom stereocenters. The zero-order valence-electron chi connectivity index (χ0n) is 19.2. The molecule has 0 radical (unpaired) electrons. The lowest BCUT2D eigenvalue weighted by Gasteiger charge is -2.09. The van der Waals surface area contributed by atoms with Crippen molar-refractivity contribution in [3.8, 4) is 0 Å². The van der Waals surface area contributed by atoms with Gasteiger partial charge in [0.1, 0.15) is 10.7 Å². The van der Waals surface area contributed by atoms with E-state index in [1.807, 2.05) is 12.1 Å². The Hall–Kier alpha value is -4.15. The van der Waals surface area contributed by atoms with Crippen LogP contribution in [0.25, 0.3) is 0 Å². The molecule has 8 nitrogen and oxygen atoms in total. The molecule has 0 saturated carbocycles. The van der Waals surface area contributed by atoms with Gasteiger partial charge >= 0.3 is 0 Å². The highest BCUT2D eigenvalue weighted by Crippen LogP contribution is 2.14. The minimum atomic E-state index is -3.96. The van der Waals surface area contributed by atoms with Crippen molar-refractivity contribution in [2.75, 3.05) is 5.32 Å². The smallest absolute Gasteiger partial charge is 0.251 e. The van der Waals surface area contributed by atoms with Crippen LogP contribution in [-0.2, 0) is 29.7 Å². The van der Waals surface area contributed by atoms with E-state index in [-0.39, 0.29) is 17.3 Å². The second-order valence-corrected chi connectivity index (χ2v) is 9.61. The van der Waals surface area contributed by atoms with Crippen molar-refractivity contribution in [2.24, 2.45) is 0 Å². The minimum Gasteiger partial charge on any atom is -0.350 e. The molecule has 3 aromatic carbocycles. The van der Waals surface area contributed by atoms with Crippen LogP contribution in [0.2, 0.25) is 0 Å². The van der Waals surface area contributed by atoms with Gasteiger partial charge in [0.25, 0.3) is 5.91 Å². The number of rotatable bonds is 10. The van der Waals surface area contributed by atoms with Gasteiger partial charge in [-0.15, -0.1) is 0 Å². The molecule has 0 fully saturated rings. The SMILES string of the molecule is O=C(NCc1ccc(CNS(=O)(=O)c2ccccc2F)cc1)c1ccc(CNc2ncccn2)cc1. The Morgan fingerprint density at radius 3 is 2.00 bits per heavy atom.